The molecule has 3 rings (SSSR count). The van der Waals surface area contributed by atoms with Crippen LogP contribution in [-0.2, 0) is 0 Å². The first-order valence-electron chi connectivity index (χ1n) is 6.96. The van der Waals surface area contributed by atoms with Gasteiger partial charge in [-0.05, 0) is 54.6 Å². The molecule has 0 spiro atoms. The van der Waals surface area contributed by atoms with E-state index in [2.05, 4.69) is 20.8 Å². The molecule has 108 valence electrons. The largest absolute Gasteiger partial charge is 0.364 e. The lowest BCUT2D eigenvalue weighted by molar-refractivity contribution is -0.385. The summed E-state index contributed by atoms with van der Waals surface area (Å²) in [6, 6.07) is 4.66. The Balaban J connectivity index is 2.02. The maximum Gasteiger partial charge on any atom is 0.274 e. The Morgan fingerprint density at radius 2 is 1.95 bits per heavy atom. The van der Waals surface area contributed by atoms with E-state index in [0.29, 0.717) is 17.6 Å². The molecule has 0 aromatic heterocycles. The Hall–Kier alpha value is -1.14. The second kappa shape index (κ2) is 5.00. The summed E-state index contributed by atoms with van der Waals surface area (Å²) in [6.45, 7) is 1.77. The third-order valence-electron chi connectivity index (χ3n) is 4.51. The highest BCUT2D eigenvalue weighted by Crippen LogP contribution is 2.43. The van der Waals surface area contributed by atoms with Crippen LogP contribution < -0.4 is 10.6 Å². The lowest BCUT2D eigenvalue weighted by Gasteiger charge is -2.40. The number of nitrogens with zero attached hydrogens (tertiary/aromatic N) is 2. The molecule has 0 saturated carbocycles. The van der Waals surface area contributed by atoms with Crippen molar-refractivity contribution in [2.24, 2.45) is 5.73 Å². The normalized spacial score (nSPS) is 28.8. The summed E-state index contributed by atoms with van der Waals surface area (Å²) in [6.07, 6.45) is 4.22. The van der Waals surface area contributed by atoms with Gasteiger partial charge >= 0.3 is 0 Å². The van der Waals surface area contributed by atoms with E-state index in [-0.39, 0.29) is 16.7 Å². The second-order valence-corrected chi connectivity index (χ2v) is 6.73. The van der Waals surface area contributed by atoms with E-state index < -0.39 is 0 Å². The van der Waals surface area contributed by atoms with E-state index in [1.165, 1.54) is 0 Å². The van der Waals surface area contributed by atoms with Gasteiger partial charge in [0.25, 0.3) is 5.69 Å². The molecule has 1 aromatic rings. The number of aryl methyl sites for hydroxylation is 1. The zero-order valence-corrected chi connectivity index (χ0v) is 13.0. The molecule has 2 fully saturated rings. The maximum atomic E-state index is 11.2. The molecule has 2 heterocycles. The van der Waals surface area contributed by atoms with Crippen LogP contribution in [0.1, 0.15) is 31.2 Å². The number of nitro groups is 1. The highest BCUT2D eigenvalue weighted by atomic mass is 79.9. The highest BCUT2D eigenvalue weighted by molar-refractivity contribution is 9.10. The van der Waals surface area contributed by atoms with Crippen LogP contribution in [0.5, 0.6) is 0 Å². The number of fused-ring (bicyclic) bond motifs is 2. The third-order valence-corrected chi connectivity index (χ3v) is 5.14. The maximum absolute atomic E-state index is 11.2. The second-order valence-electron chi connectivity index (χ2n) is 5.87. The summed E-state index contributed by atoms with van der Waals surface area (Å²) >= 11 is 3.57. The minimum absolute atomic E-state index is 0.192. The van der Waals surface area contributed by atoms with Crippen LogP contribution in [-0.4, -0.2) is 23.0 Å². The van der Waals surface area contributed by atoms with Gasteiger partial charge < -0.3 is 10.6 Å². The zero-order valence-electron chi connectivity index (χ0n) is 11.4. The molecule has 2 unspecified atom stereocenters. The Bertz CT molecular complexity index is 550. The van der Waals surface area contributed by atoms with Crippen LogP contribution in [0.4, 0.5) is 11.4 Å². The summed E-state index contributed by atoms with van der Waals surface area (Å²) in [5.41, 5.74) is 7.91. The van der Waals surface area contributed by atoms with E-state index in [9.17, 15) is 10.1 Å². The molecule has 2 aliphatic rings. The predicted octanol–water partition coefficient (Wildman–Crippen LogP) is 3.12. The Labute approximate surface area is 126 Å². The topological polar surface area (TPSA) is 72.4 Å². The van der Waals surface area contributed by atoms with Crippen molar-refractivity contribution in [1.29, 1.82) is 0 Å². The van der Waals surface area contributed by atoms with E-state index in [1.54, 1.807) is 13.0 Å². The van der Waals surface area contributed by atoms with Crippen LogP contribution in [0.25, 0.3) is 0 Å². The smallest absolute Gasteiger partial charge is 0.274 e. The average Bonchev–Trinajstić information content (AvgIpc) is 2.62. The van der Waals surface area contributed by atoms with Crippen molar-refractivity contribution in [3.05, 3.63) is 32.3 Å². The summed E-state index contributed by atoms with van der Waals surface area (Å²) in [7, 11) is 0. The Kier molecular flexibility index (Phi) is 3.46. The number of hydrogen-bond donors (Lipinski definition) is 1. The SMILES string of the molecule is Cc1cc(Br)c(N2C3CCC2CC(N)C3)cc1[N+](=O)[O-]. The molecule has 2 aliphatic heterocycles. The van der Waals surface area contributed by atoms with Crippen molar-refractivity contribution < 1.29 is 4.92 Å². The molecule has 0 aliphatic carbocycles. The van der Waals surface area contributed by atoms with Gasteiger partial charge in [0.05, 0.1) is 10.6 Å². The number of rotatable bonds is 2. The molecule has 1 aromatic carbocycles. The summed E-state index contributed by atoms with van der Waals surface area (Å²) in [5, 5.41) is 11.2. The molecule has 0 amide bonds. The molecule has 0 radical (unpaired) electrons. The van der Waals surface area contributed by atoms with Gasteiger partial charge in [-0.3, -0.25) is 10.1 Å². The van der Waals surface area contributed by atoms with Gasteiger partial charge in [0.2, 0.25) is 0 Å². The molecule has 2 saturated heterocycles. The van der Waals surface area contributed by atoms with Crippen LogP contribution in [0.3, 0.4) is 0 Å². The van der Waals surface area contributed by atoms with E-state index in [0.717, 1.165) is 35.8 Å². The minimum atomic E-state index is -0.303. The standard InChI is InChI=1S/C14H18BrN3O2/c1-8-4-12(15)14(7-13(8)18(19)20)17-10-2-3-11(17)6-9(16)5-10/h4,7,9-11H,2-3,5-6,16H2,1H3. The number of anilines is 1. The van der Waals surface area contributed by atoms with Gasteiger partial charge in [-0.25, -0.2) is 0 Å². The quantitative estimate of drug-likeness (QED) is 0.663. The molecular weight excluding hydrogens is 322 g/mol. The van der Waals surface area contributed by atoms with Crippen LogP contribution >= 0.6 is 15.9 Å². The molecule has 20 heavy (non-hydrogen) atoms. The summed E-state index contributed by atoms with van der Waals surface area (Å²) < 4.78 is 0.938. The number of benzene rings is 1. The van der Waals surface area contributed by atoms with Crippen molar-refractivity contribution in [2.45, 2.75) is 50.7 Å². The molecule has 2 bridgehead atoms. The number of nitro benzene ring substituents is 1. The predicted molar refractivity (Wildman–Crippen MR) is 82.0 cm³/mol. The van der Waals surface area contributed by atoms with Gasteiger partial charge in [0.1, 0.15) is 0 Å². The van der Waals surface area contributed by atoms with Gasteiger partial charge in [-0.1, -0.05) is 0 Å². The van der Waals surface area contributed by atoms with Gasteiger partial charge in [-0.2, -0.15) is 0 Å². The van der Waals surface area contributed by atoms with Crippen molar-refractivity contribution in [3.8, 4) is 0 Å². The zero-order chi connectivity index (χ0) is 14.4. The molecule has 2 atom stereocenters. The molecule has 6 heteroatoms. The van der Waals surface area contributed by atoms with E-state index in [1.807, 2.05) is 6.07 Å². The van der Waals surface area contributed by atoms with Gasteiger partial charge in [-0.15, -0.1) is 0 Å². The molecule has 2 N–H and O–H groups in total. The van der Waals surface area contributed by atoms with Crippen molar-refractivity contribution >= 4 is 27.3 Å². The lowest BCUT2D eigenvalue weighted by atomic mass is 9.97. The summed E-state index contributed by atoms with van der Waals surface area (Å²) in [4.78, 5) is 13.2. The van der Waals surface area contributed by atoms with Crippen LogP contribution in [0.2, 0.25) is 0 Å². The first-order valence-corrected chi connectivity index (χ1v) is 7.75. The van der Waals surface area contributed by atoms with Crippen molar-refractivity contribution in [1.82, 2.24) is 0 Å². The van der Waals surface area contributed by atoms with E-state index in [4.69, 9.17) is 5.73 Å². The first kappa shape index (κ1) is 13.8. The summed E-state index contributed by atoms with van der Waals surface area (Å²) in [5.74, 6) is 0. The van der Waals surface area contributed by atoms with Crippen LogP contribution in [0.15, 0.2) is 16.6 Å². The van der Waals surface area contributed by atoms with Crippen molar-refractivity contribution in [3.63, 3.8) is 0 Å². The van der Waals surface area contributed by atoms with Gasteiger partial charge in [0, 0.05) is 34.2 Å². The fourth-order valence-corrected chi connectivity index (χ4v) is 4.32. The average molecular weight is 340 g/mol. The monoisotopic (exact) mass is 339 g/mol. The minimum Gasteiger partial charge on any atom is -0.364 e. The lowest BCUT2D eigenvalue weighted by Crippen LogP contribution is -2.47. The fraction of sp³-hybridized carbons (Fsp3) is 0.571. The fourth-order valence-electron chi connectivity index (χ4n) is 3.66. The highest BCUT2D eigenvalue weighted by Gasteiger charge is 2.40. The van der Waals surface area contributed by atoms with E-state index >= 15 is 0 Å². The Morgan fingerprint density at radius 1 is 1.35 bits per heavy atom. The first-order chi connectivity index (χ1) is 9.47. The molecule has 5 nitrogen and oxygen atoms in total. The third kappa shape index (κ3) is 2.20. The number of piperidine rings is 1. The van der Waals surface area contributed by atoms with Gasteiger partial charge in [0.15, 0.2) is 0 Å². The molecular formula is C14H18BrN3O2. The number of hydrogen-bond acceptors (Lipinski definition) is 4. The van der Waals surface area contributed by atoms with Crippen molar-refractivity contribution in [2.75, 3.05) is 4.90 Å². The Morgan fingerprint density at radius 3 is 2.50 bits per heavy atom. The number of halogens is 1. The van der Waals surface area contributed by atoms with Crippen LogP contribution in [0, 0.1) is 17.0 Å². The number of nitrogens with two attached hydrogens (primary N) is 1.